The lowest BCUT2D eigenvalue weighted by Crippen LogP contribution is -2.47. The highest BCUT2D eigenvalue weighted by atomic mass is 16.3. The van der Waals surface area contributed by atoms with E-state index in [2.05, 4.69) is 19.2 Å². The summed E-state index contributed by atoms with van der Waals surface area (Å²) in [6.45, 7) is 5.15. The van der Waals surface area contributed by atoms with Gasteiger partial charge < -0.3 is 10.4 Å². The van der Waals surface area contributed by atoms with Crippen molar-refractivity contribution in [2.24, 2.45) is 11.3 Å². The molecule has 17 heavy (non-hydrogen) atoms. The number of rotatable bonds is 3. The summed E-state index contributed by atoms with van der Waals surface area (Å²) in [6.07, 6.45) is 10.5. The molecule has 2 fully saturated rings. The highest BCUT2D eigenvalue weighted by Crippen LogP contribution is 2.36. The maximum Gasteiger partial charge on any atom is 0.0474 e. The van der Waals surface area contributed by atoms with Gasteiger partial charge in [-0.3, -0.25) is 0 Å². The van der Waals surface area contributed by atoms with Crippen molar-refractivity contribution in [2.45, 2.75) is 77.3 Å². The van der Waals surface area contributed by atoms with Gasteiger partial charge in [-0.1, -0.05) is 26.7 Å². The number of hydrogen-bond donors (Lipinski definition) is 2. The molecule has 0 aromatic carbocycles. The molecule has 0 aromatic rings. The topological polar surface area (TPSA) is 32.3 Å². The Hall–Kier alpha value is -0.0800. The molecule has 2 aliphatic carbocycles. The van der Waals surface area contributed by atoms with Crippen LogP contribution >= 0.6 is 0 Å². The molecule has 100 valence electrons. The van der Waals surface area contributed by atoms with Crippen molar-refractivity contribution >= 4 is 0 Å². The molecule has 2 atom stereocenters. The van der Waals surface area contributed by atoms with Crippen LogP contribution in [-0.2, 0) is 0 Å². The molecule has 2 nitrogen and oxygen atoms in total. The first kappa shape index (κ1) is 13.4. The largest absolute Gasteiger partial charge is 0.396 e. The fourth-order valence-electron chi connectivity index (χ4n) is 3.51. The first-order valence-electron chi connectivity index (χ1n) is 7.48. The lowest BCUT2D eigenvalue weighted by Gasteiger charge is -2.39. The lowest BCUT2D eigenvalue weighted by atomic mass is 9.75. The van der Waals surface area contributed by atoms with Crippen molar-refractivity contribution in [1.82, 2.24) is 5.32 Å². The minimum absolute atomic E-state index is 0.371. The van der Waals surface area contributed by atoms with E-state index < -0.39 is 0 Å². The van der Waals surface area contributed by atoms with E-state index >= 15 is 0 Å². The molecule has 0 saturated heterocycles. The predicted molar refractivity (Wildman–Crippen MR) is 72.0 cm³/mol. The van der Waals surface area contributed by atoms with Crippen molar-refractivity contribution < 1.29 is 5.11 Å². The monoisotopic (exact) mass is 239 g/mol. The first-order valence-corrected chi connectivity index (χ1v) is 7.48. The van der Waals surface area contributed by atoms with Gasteiger partial charge >= 0.3 is 0 Å². The van der Waals surface area contributed by atoms with E-state index in [-0.39, 0.29) is 0 Å². The van der Waals surface area contributed by atoms with Gasteiger partial charge in [-0.2, -0.15) is 0 Å². The van der Waals surface area contributed by atoms with Crippen molar-refractivity contribution in [3.8, 4) is 0 Å². The number of aliphatic hydroxyl groups excluding tert-OH is 1. The van der Waals surface area contributed by atoms with Crippen LogP contribution in [0.25, 0.3) is 0 Å². The van der Waals surface area contributed by atoms with E-state index in [0.29, 0.717) is 30.0 Å². The summed E-state index contributed by atoms with van der Waals surface area (Å²) >= 11 is 0. The van der Waals surface area contributed by atoms with E-state index in [0.717, 1.165) is 0 Å². The Bertz CT molecular complexity index is 229. The average Bonchev–Trinajstić information content (AvgIpc) is 2.32. The molecule has 2 unspecified atom stereocenters. The number of nitrogens with one attached hydrogen (secondary N) is 1. The van der Waals surface area contributed by atoms with Crippen molar-refractivity contribution in [3.05, 3.63) is 0 Å². The molecule has 2 aliphatic rings. The van der Waals surface area contributed by atoms with Crippen LogP contribution in [0.15, 0.2) is 0 Å². The second kappa shape index (κ2) is 5.71. The van der Waals surface area contributed by atoms with Crippen LogP contribution in [0.3, 0.4) is 0 Å². The molecule has 2 saturated carbocycles. The molecule has 2 heteroatoms. The van der Waals surface area contributed by atoms with Gasteiger partial charge in [0.1, 0.15) is 0 Å². The SMILES string of the molecule is CC1(C)CCC(NC2CCCCC2CO)CC1. The van der Waals surface area contributed by atoms with E-state index in [1.807, 2.05) is 0 Å². The van der Waals surface area contributed by atoms with Gasteiger partial charge in [0.25, 0.3) is 0 Å². The average molecular weight is 239 g/mol. The zero-order valence-corrected chi connectivity index (χ0v) is 11.5. The quantitative estimate of drug-likeness (QED) is 0.793. The predicted octanol–water partition coefficient (Wildman–Crippen LogP) is 3.10. The molecule has 2 rings (SSSR count). The van der Waals surface area contributed by atoms with Crippen LogP contribution < -0.4 is 5.32 Å². The van der Waals surface area contributed by atoms with Crippen LogP contribution in [-0.4, -0.2) is 23.8 Å². The molecule has 0 bridgehead atoms. The molecule has 0 heterocycles. The standard InChI is InChI=1S/C15H29NO/c1-15(2)9-7-13(8-10-15)16-14-6-4-3-5-12(14)11-17/h12-14,16-17H,3-11H2,1-2H3. The third-order valence-corrected chi connectivity index (χ3v) is 4.93. The molecule has 0 radical (unpaired) electrons. The Labute approximate surface area is 106 Å². The number of aliphatic hydroxyl groups is 1. The summed E-state index contributed by atoms with van der Waals surface area (Å²) in [7, 11) is 0. The zero-order valence-electron chi connectivity index (χ0n) is 11.5. The summed E-state index contributed by atoms with van der Waals surface area (Å²) in [5, 5.41) is 13.3. The Morgan fingerprint density at radius 2 is 1.71 bits per heavy atom. The summed E-state index contributed by atoms with van der Waals surface area (Å²) in [5.74, 6) is 0.513. The highest BCUT2D eigenvalue weighted by Gasteiger charge is 2.30. The fraction of sp³-hybridized carbons (Fsp3) is 1.00. The Balaban J connectivity index is 1.80. The molecule has 2 N–H and O–H groups in total. The van der Waals surface area contributed by atoms with Gasteiger partial charge in [-0.25, -0.2) is 0 Å². The summed E-state index contributed by atoms with van der Waals surface area (Å²) < 4.78 is 0. The van der Waals surface area contributed by atoms with Gasteiger partial charge in [0.15, 0.2) is 0 Å². The van der Waals surface area contributed by atoms with E-state index in [1.165, 1.54) is 51.4 Å². The molecular formula is C15H29NO. The van der Waals surface area contributed by atoms with E-state index in [1.54, 1.807) is 0 Å². The molecule has 0 aliphatic heterocycles. The van der Waals surface area contributed by atoms with Crippen molar-refractivity contribution in [2.75, 3.05) is 6.61 Å². The van der Waals surface area contributed by atoms with Crippen LogP contribution in [0.4, 0.5) is 0 Å². The van der Waals surface area contributed by atoms with Crippen LogP contribution in [0, 0.1) is 11.3 Å². The van der Waals surface area contributed by atoms with Crippen LogP contribution in [0.5, 0.6) is 0 Å². The Kier molecular flexibility index (Phi) is 4.48. The normalized spacial score (nSPS) is 34.8. The van der Waals surface area contributed by atoms with Crippen LogP contribution in [0.2, 0.25) is 0 Å². The van der Waals surface area contributed by atoms with Crippen molar-refractivity contribution in [1.29, 1.82) is 0 Å². The zero-order chi connectivity index (χ0) is 12.3. The molecule has 0 spiro atoms. The van der Waals surface area contributed by atoms with Gasteiger partial charge in [0.2, 0.25) is 0 Å². The molecule has 0 amide bonds. The van der Waals surface area contributed by atoms with Gasteiger partial charge in [0, 0.05) is 18.7 Å². The van der Waals surface area contributed by atoms with Crippen molar-refractivity contribution in [3.63, 3.8) is 0 Å². The van der Waals surface area contributed by atoms with Gasteiger partial charge in [-0.05, 0) is 49.9 Å². The minimum atomic E-state index is 0.371. The summed E-state index contributed by atoms with van der Waals surface area (Å²) in [4.78, 5) is 0. The van der Waals surface area contributed by atoms with E-state index in [9.17, 15) is 5.11 Å². The number of hydrogen-bond acceptors (Lipinski definition) is 2. The molecule has 0 aromatic heterocycles. The third-order valence-electron chi connectivity index (χ3n) is 4.93. The van der Waals surface area contributed by atoms with Gasteiger partial charge in [-0.15, -0.1) is 0 Å². The van der Waals surface area contributed by atoms with Gasteiger partial charge in [0.05, 0.1) is 0 Å². The second-order valence-electron chi connectivity index (χ2n) is 6.94. The summed E-state index contributed by atoms with van der Waals surface area (Å²) in [6, 6.07) is 1.29. The second-order valence-corrected chi connectivity index (χ2v) is 6.94. The van der Waals surface area contributed by atoms with E-state index in [4.69, 9.17) is 0 Å². The Morgan fingerprint density at radius 1 is 1.06 bits per heavy atom. The molecular weight excluding hydrogens is 210 g/mol. The fourth-order valence-corrected chi connectivity index (χ4v) is 3.51. The highest BCUT2D eigenvalue weighted by molar-refractivity contribution is 4.87. The Morgan fingerprint density at radius 3 is 2.35 bits per heavy atom. The third kappa shape index (κ3) is 3.69. The summed E-state index contributed by atoms with van der Waals surface area (Å²) in [5.41, 5.74) is 0.557. The van der Waals surface area contributed by atoms with Crippen LogP contribution in [0.1, 0.15) is 65.2 Å². The minimum Gasteiger partial charge on any atom is -0.396 e. The lowest BCUT2D eigenvalue weighted by molar-refractivity contribution is 0.127. The smallest absolute Gasteiger partial charge is 0.0474 e. The first-order chi connectivity index (χ1) is 8.11. The maximum absolute atomic E-state index is 9.43. The maximum atomic E-state index is 9.43.